The maximum atomic E-state index is 13.3. The van der Waals surface area contributed by atoms with E-state index in [9.17, 15) is 4.39 Å². The lowest BCUT2D eigenvalue weighted by atomic mass is 9.83. The van der Waals surface area contributed by atoms with E-state index in [1.807, 2.05) is 19.1 Å². The lowest BCUT2D eigenvalue weighted by Gasteiger charge is -2.29. The number of nitrogens with one attached hydrogen (secondary N) is 1. The third-order valence-electron chi connectivity index (χ3n) is 4.32. The molecule has 106 valence electrons. The molecule has 0 amide bonds. The van der Waals surface area contributed by atoms with Gasteiger partial charge in [0, 0.05) is 24.0 Å². The van der Waals surface area contributed by atoms with Gasteiger partial charge in [-0.3, -0.25) is 0 Å². The van der Waals surface area contributed by atoms with Crippen molar-refractivity contribution >= 4 is 0 Å². The van der Waals surface area contributed by atoms with Crippen LogP contribution in [0.15, 0.2) is 18.2 Å². The van der Waals surface area contributed by atoms with Gasteiger partial charge in [0.1, 0.15) is 5.82 Å². The Labute approximate surface area is 115 Å². The normalized spacial score (nSPS) is 23.8. The van der Waals surface area contributed by atoms with E-state index >= 15 is 0 Å². The van der Waals surface area contributed by atoms with Gasteiger partial charge >= 0.3 is 0 Å². The average Bonchev–Trinajstić information content (AvgIpc) is 2.76. The van der Waals surface area contributed by atoms with E-state index in [-0.39, 0.29) is 17.3 Å². The highest BCUT2D eigenvalue weighted by Crippen LogP contribution is 2.25. The van der Waals surface area contributed by atoms with Crippen LogP contribution in [0, 0.1) is 12.7 Å². The van der Waals surface area contributed by atoms with E-state index in [0.717, 1.165) is 13.0 Å². The van der Waals surface area contributed by atoms with Crippen LogP contribution in [0.2, 0.25) is 0 Å². The van der Waals surface area contributed by atoms with Crippen LogP contribution in [0.25, 0.3) is 0 Å². The Balaban J connectivity index is 2.02. The van der Waals surface area contributed by atoms with E-state index in [4.69, 9.17) is 5.73 Å². The van der Waals surface area contributed by atoms with Gasteiger partial charge in [0.2, 0.25) is 0 Å². The van der Waals surface area contributed by atoms with Crippen molar-refractivity contribution in [1.29, 1.82) is 0 Å². The highest BCUT2D eigenvalue weighted by molar-refractivity contribution is 5.30. The van der Waals surface area contributed by atoms with Crippen molar-refractivity contribution in [3.63, 3.8) is 0 Å². The summed E-state index contributed by atoms with van der Waals surface area (Å²) in [5.41, 5.74) is 7.95. The van der Waals surface area contributed by atoms with Crippen LogP contribution < -0.4 is 11.1 Å². The summed E-state index contributed by atoms with van der Waals surface area (Å²) in [6.07, 6.45) is 3.50. The van der Waals surface area contributed by atoms with Crippen LogP contribution in [0.4, 0.5) is 4.39 Å². The largest absolute Gasteiger partial charge is 0.326 e. The minimum Gasteiger partial charge on any atom is -0.326 e. The number of benzene rings is 1. The van der Waals surface area contributed by atoms with E-state index < -0.39 is 0 Å². The first-order chi connectivity index (χ1) is 8.90. The first kappa shape index (κ1) is 14.5. The summed E-state index contributed by atoms with van der Waals surface area (Å²) in [7, 11) is 0. The Morgan fingerprint density at radius 1 is 1.37 bits per heavy atom. The molecule has 0 bridgehead atoms. The Bertz CT molecular complexity index is 442. The Morgan fingerprint density at radius 2 is 2.11 bits per heavy atom. The third-order valence-corrected chi connectivity index (χ3v) is 4.32. The second-order valence-corrected chi connectivity index (χ2v) is 6.43. The summed E-state index contributed by atoms with van der Waals surface area (Å²) in [5.74, 6) is -0.134. The lowest BCUT2D eigenvalue weighted by molar-refractivity contribution is 0.399. The fourth-order valence-electron chi connectivity index (χ4n) is 2.80. The van der Waals surface area contributed by atoms with Crippen molar-refractivity contribution in [2.75, 3.05) is 6.54 Å². The van der Waals surface area contributed by atoms with Crippen LogP contribution in [-0.2, 0) is 5.41 Å². The molecule has 0 saturated heterocycles. The van der Waals surface area contributed by atoms with Gasteiger partial charge in [0.25, 0.3) is 0 Å². The molecule has 1 fully saturated rings. The molecule has 2 rings (SSSR count). The summed E-state index contributed by atoms with van der Waals surface area (Å²) >= 11 is 0. The van der Waals surface area contributed by atoms with E-state index in [1.54, 1.807) is 6.07 Å². The monoisotopic (exact) mass is 264 g/mol. The van der Waals surface area contributed by atoms with Gasteiger partial charge in [-0.2, -0.15) is 0 Å². The molecule has 3 heteroatoms. The molecule has 0 spiro atoms. The minimum atomic E-state index is -0.134. The highest BCUT2D eigenvalue weighted by atomic mass is 19.1. The molecule has 0 aromatic heterocycles. The maximum absolute atomic E-state index is 13.3. The van der Waals surface area contributed by atoms with E-state index in [2.05, 4.69) is 19.2 Å². The summed E-state index contributed by atoms with van der Waals surface area (Å²) in [5, 5.41) is 3.59. The number of aryl methyl sites for hydroxylation is 1. The SMILES string of the molecule is Cc1cc(C(C)(C)CNC2CCCC2N)ccc1F. The fourth-order valence-corrected chi connectivity index (χ4v) is 2.80. The van der Waals surface area contributed by atoms with Crippen molar-refractivity contribution in [3.05, 3.63) is 35.1 Å². The second-order valence-electron chi connectivity index (χ2n) is 6.43. The Hall–Kier alpha value is -0.930. The zero-order chi connectivity index (χ0) is 14.0. The van der Waals surface area contributed by atoms with Crippen molar-refractivity contribution in [2.45, 2.75) is 57.5 Å². The molecule has 3 N–H and O–H groups in total. The molecule has 0 radical (unpaired) electrons. The molecule has 0 heterocycles. The van der Waals surface area contributed by atoms with Gasteiger partial charge in [-0.25, -0.2) is 4.39 Å². The van der Waals surface area contributed by atoms with Crippen molar-refractivity contribution in [2.24, 2.45) is 5.73 Å². The molecule has 19 heavy (non-hydrogen) atoms. The topological polar surface area (TPSA) is 38.0 Å². The van der Waals surface area contributed by atoms with E-state index in [0.29, 0.717) is 11.6 Å². The van der Waals surface area contributed by atoms with Crippen LogP contribution >= 0.6 is 0 Å². The van der Waals surface area contributed by atoms with Crippen LogP contribution in [0.5, 0.6) is 0 Å². The summed E-state index contributed by atoms with van der Waals surface area (Å²) in [6.45, 7) is 7.06. The molecule has 1 saturated carbocycles. The smallest absolute Gasteiger partial charge is 0.126 e. The molecule has 1 aromatic rings. The quantitative estimate of drug-likeness (QED) is 0.877. The summed E-state index contributed by atoms with van der Waals surface area (Å²) in [6, 6.07) is 6.12. The minimum absolute atomic E-state index is 0.0131. The standard InChI is InChI=1S/C16H25FN2/c1-11-9-12(7-8-13(11)17)16(2,3)10-19-15-6-4-5-14(15)18/h7-9,14-15,19H,4-6,10,18H2,1-3H3. The number of hydrogen-bond acceptors (Lipinski definition) is 2. The lowest BCUT2D eigenvalue weighted by Crippen LogP contribution is -2.45. The molecule has 1 aliphatic rings. The van der Waals surface area contributed by atoms with Gasteiger partial charge in [-0.15, -0.1) is 0 Å². The van der Waals surface area contributed by atoms with Crippen molar-refractivity contribution < 1.29 is 4.39 Å². The molecule has 1 aromatic carbocycles. The highest BCUT2D eigenvalue weighted by Gasteiger charge is 2.27. The zero-order valence-electron chi connectivity index (χ0n) is 12.2. The predicted molar refractivity (Wildman–Crippen MR) is 77.8 cm³/mol. The first-order valence-electron chi connectivity index (χ1n) is 7.16. The van der Waals surface area contributed by atoms with Gasteiger partial charge in [-0.05, 0) is 37.0 Å². The van der Waals surface area contributed by atoms with Gasteiger partial charge in [0.05, 0.1) is 0 Å². The molecule has 0 aliphatic heterocycles. The molecule has 2 unspecified atom stereocenters. The number of hydrogen-bond donors (Lipinski definition) is 2. The molecule has 2 atom stereocenters. The van der Waals surface area contributed by atoms with Gasteiger partial charge in [0.15, 0.2) is 0 Å². The van der Waals surface area contributed by atoms with Crippen LogP contribution in [0.1, 0.15) is 44.2 Å². The van der Waals surface area contributed by atoms with Crippen molar-refractivity contribution in [3.8, 4) is 0 Å². The third kappa shape index (κ3) is 3.34. The first-order valence-corrected chi connectivity index (χ1v) is 7.16. The molecule has 2 nitrogen and oxygen atoms in total. The van der Waals surface area contributed by atoms with Gasteiger partial charge in [-0.1, -0.05) is 32.4 Å². The number of nitrogens with two attached hydrogens (primary N) is 1. The predicted octanol–water partition coefficient (Wildman–Crippen LogP) is 2.88. The maximum Gasteiger partial charge on any atom is 0.126 e. The molecule has 1 aliphatic carbocycles. The van der Waals surface area contributed by atoms with Crippen LogP contribution in [0.3, 0.4) is 0 Å². The average molecular weight is 264 g/mol. The Morgan fingerprint density at radius 3 is 2.68 bits per heavy atom. The van der Waals surface area contributed by atoms with Gasteiger partial charge < -0.3 is 11.1 Å². The summed E-state index contributed by atoms with van der Waals surface area (Å²) < 4.78 is 13.3. The number of halogens is 1. The van der Waals surface area contributed by atoms with E-state index in [1.165, 1.54) is 18.4 Å². The molecular weight excluding hydrogens is 239 g/mol. The number of rotatable bonds is 4. The Kier molecular flexibility index (Phi) is 4.26. The molecular formula is C16H25FN2. The van der Waals surface area contributed by atoms with Crippen molar-refractivity contribution in [1.82, 2.24) is 5.32 Å². The fraction of sp³-hybridized carbons (Fsp3) is 0.625. The summed E-state index contributed by atoms with van der Waals surface area (Å²) in [4.78, 5) is 0. The zero-order valence-corrected chi connectivity index (χ0v) is 12.2. The second kappa shape index (κ2) is 5.59. The van der Waals surface area contributed by atoms with Crippen LogP contribution in [-0.4, -0.2) is 18.6 Å².